The molecule has 1 aliphatic rings. The lowest BCUT2D eigenvalue weighted by Gasteiger charge is -2.30. The van der Waals surface area contributed by atoms with Gasteiger partial charge in [0.25, 0.3) is 0 Å². The van der Waals surface area contributed by atoms with Gasteiger partial charge in [-0.1, -0.05) is 123 Å². The van der Waals surface area contributed by atoms with Crippen LogP contribution in [0.15, 0.2) is 80.6 Å². The van der Waals surface area contributed by atoms with Gasteiger partial charge in [-0.15, -0.1) is 0 Å². The second kappa shape index (κ2) is 52.6. The molecule has 1 aliphatic heterocycles. The zero-order chi connectivity index (χ0) is 86.6. The number of nitrogens with one attached hydrogen (secondary N) is 13. The molecule has 0 radical (unpaired) electrons. The summed E-state index contributed by atoms with van der Waals surface area (Å²) < 4.78 is 0. The summed E-state index contributed by atoms with van der Waals surface area (Å²) in [5, 5.41) is 53.3. The molecule has 116 heavy (non-hydrogen) atoms. The Labute approximate surface area is 678 Å². The lowest BCUT2D eigenvalue weighted by molar-refractivity contribution is -0.142. The van der Waals surface area contributed by atoms with Gasteiger partial charge < -0.3 is 131 Å². The first kappa shape index (κ1) is 98.4. The number of hydrogen-bond donors (Lipinski definition) is 24. The molecule has 1 heterocycles. The number of nitrogens with two attached hydrogens (primary N) is 9. The summed E-state index contributed by atoms with van der Waals surface area (Å²) in [5.41, 5.74) is 51.5. The third kappa shape index (κ3) is 38.4. The maximum absolute atomic E-state index is 15.2. The number of carboxylic acid groups (broad SMARTS) is 2. The van der Waals surface area contributed by atoms with Crippen LogP contribution in [-0.4, -0.2) is 246 Å². The largest absolute Gasteiger partial charge is 0.481 e. The van der Waals surface area contributed by atoms with E-state index in [2.05, 4.69) is 89.1 Å². The lowest BCUT2D eigenvalue weighted by atomic mass is 9.96. The van der Waals surface area contributed by atoms with E-state index in [0.29, 0.717) is 11.1 Å². The van der Waals surface area contributed by atoms with Crippen LogP contribution in [0.2, 0.25) is 0 Å². The molecule has 13 amide bonds. The van der Waals surface area contributed by atoms with Gasteiger partial charge in [0.15, 0.2) is 23.8 Å². The van der Waals surface area contributed by atoms with E-state index in [0.717, 1.165) is 21.6 Å². The fraction of sp³-hybridized carbons (Fsp3) is 0.563. The molecule has 43 nitrogen and oxygen atoms in total. The number of guanidine groups is 4. The zero-order valence-corrected chi connectivity index (χ0v) is 67.2. The van der Waals surface area contributed by atoms with Crippen LogP contribution in [0.5, 0.6) is 0 Å². The molecular weight excluding hydrogens is 1550 g/mol. The number of rotatable bonds is 33. The lowest BCUT2D eigenvalue weighted by Crippen LogP contribution is -2.62. The summed E-state index contributed by atoms with van der Waals surface area (Å²) >= 11 is 0. The molecule has 45 heteroatoms. The SMILES string of the molecule is CC[C@H](C)[C@@H]1NC(=O)[C@@H](CCCN=C(N)N)NC(=O)CNC(=O)CNC(=O)[C@@H](Cc2ccccc2)NC(=O)[C@H](C)NC(=O)[C@H](NC(=O)[C@@H](N)CCCN=C(N)N)CSSC[C@H](C(=O)N[C@H](Cc2ccccc2)C(=O)N[C@H](CCCN=C(N)N)C(=O)O)NC(=O)[C@@H]([C@@H](C)CC)NC(=O)[C@H](CCCN=C(N)N)NC(=O)[C@@H](CC(=O)O)NC1=O. The van der Waals surface area contributed by atoms with Crippen molar-refractivity contribution in [2.75, 3.05) is 50.8 Å². The molecule has 2 aromatic rings. The van der Waals surface area contributed by atoms with Gasteiger partial charge in [0, 0.05) is 50.5 Å². The third-order valence-corrected chi connectivity index (χ3v) is 20.3. The van der Waals surface area contributed by atoms with E-state index in [1.165, 1.54) is 6.92 Å². The summed E-state index contributed by atoms with van der Waals surface area (Å²) in [4.78, 5) is 228. The number of hydrogen-bond acceptors (Lipinski definition) is 22. The average molecular weight is 1670 g/mol. The number of carbonyl (C=O) groups is 15. The first-order valence-corrected chi connectivity index (χ1v) is 40.0. The summed E-state index contributed by atoms with van der Waals surface area (Å²) in [7, 11) is 1.68. The smallest absolute Gasteiger partial charge is 0.326 e. The molecule has 0 bridgehead atoms. The van der Waals surface area contributed by atoms with Crippen molar-refractivity contribution in [3.05, 3.63) is 71.8 Å². The van der Waals surface area contributed by atoms with Gasteiger partial charge in [-0.2, -0.15) is 0 Å². The van der Waals surface area contributed by atoms with Crippen molar-refractivity contribution in [1.29, 1.82) is 0 Å². The molecule has 1 fully saturated rings. The Morgan fingerprint density at radius 1 is 0.491 bits per heavy atom. The number of carboxylic acids is 2. The molecule has 642 valence electrons. The maximum atomic E-state index is 15.2. The van der Waals surface area contributed by atoms with Crippen molar-refractivity contribution in [3.8, 4) is 0 Å². The van der Waals surface area contributed by atoms with Gasteiger partial charge >= 0.3 is 11.9 Å². The van der Waals surface area contributed by atoms with Gasteiger partial charge in [0.2, 0.25) is 76.8 Å². The molecule has 0 unspecified atom stereocenters. The van der Waals surface area contributed by atoms with E-state index in [4.69, 9.17) is 51.6 Å². The Kier molecular flexibility index (Phi) is 44.6. The zero-order valence-electron chi connectivity index (χ0n) is 65.5. The molecule has 1 saturated heterocycles. The summed E-state index contributed by atoms with van der Waals surface area (Å²) in [6.45, 7) is 5.97. The Morgan fingerprint density at radius 3 is 1.47 bits per heavy atom. The molecule has 0 aliphatic carbocycles. The van der Waals surface area contributed by atoms with E-state index in [-0.39, 0.29) is 127 Å². The second-order valence-electron chi connectivity index (χ2n) is 27.3. The highest BCUT2D eigenvalue weighted by Gasteiger charge is 2.39. The van der Waals surface area contributed by atoms with E-state index in [9.17, 15) is 72.5 Å². The minimum atomic E-state index is -2.00. The monoisotopic (exact) mass is 1670 g/mol. The van der Waals surface area contributed by atoms with E-state index >= 15 is 9.59 Å². The molecule has 14 atom stereocenters. The highest BCUT2D eigenvalue weighted by molar-refractivity contribution is 8.76. The second-order valence-corrected chi connectivity index (χ2v) is 29.9. The first-order chi connectivity index (χ1) is 54.9. The van der Waals surface area contributed by atoms with Crippen LogP contribution in [0.4, 0.5) is 0 Å². The number of amides is 13. The van der Waals surface area contributed by atoms with Crippen molar-refractivity contribution in [2.45, 2.75) is 191 Å². The molecule has 33 N–H and O–H groups in total. The number of aliphatic imine (C=N–C) groups is 4. The normalized spacial score (nSPS) is 21.7. The highest BCUT2D eigenvalue weighted by atomic mass is 33.1. The first-order valence-electron chi connectivity index (χ1n) is 37.5. The minimum absolute atomic E-state index is 0.00145. The van der Waals surface area contributed by atoms with E-state index < -0.39 is 204 Å². The molecular formula is C71H114N26O17S2. The number of nitrogens with zero attached hydrogens (tertiary/aromatic N) is 4. The van der Waals surface area contributed by atoms with Gasteiger partial charge in [-0.3, -0.25) is 87.1 Å². The van der Waals surface area contributed by atoms with Gasteiger partial charge in [0.1, 0.15) is 66.5 Å². The Morgan fingerprint density at radius 2 is 0.957 bits per heavy atom. The fourth-order valence-electron chi connectivity index (χ4n) is 11.0. The summed E-state index contributed by atoms with van der Waals surface area (Å²) in [6, 6.07) is -2.51. The van der Waals surface area contributed by atoms with Gasteiger partial charge in [0.05, 0.1) is 25.6 Å². The standard InChI is InChI=1S/C71H114N26O17S2/c1-6-37(3)54-65(111)93-48(32-53(100)101)62(108)89-44(24-16-28-83-70(77)78)60(106)97-55(38(4)7-2)66(112)95-50(64(110)92-47(31-41-20-12-9-13-21-41)61(107)90-45(67(113)114)25-17-29-84-71(79)80)36-116-115-35-49(94-57(103)42(72)22-14-26-81-68(73)74)63(109)87-39(5)56(102)91-46(30-40-18-10-8-11-19-40)58(104)86-33-51(98)85-34-52(99)88-43(59(105)96-54)23-15-27-82-69(75)76/h8-13,18-21,37-39,42-50,54-55H,6-7,14-17,22-36,72H2,1-5H3,(H,85,98)(H,86,104)(H,87,109)(H,88,99)(H,89,108)(H,90,107)(H,91,102)(H,92,110)(H,93,111)(H,94,103)(H,95,112)(H,96,105)(H,97,106)(H,100,101)(H,113,114)(H4,73,74,81)(H4,75,76,82)(H4,77,78,83)(H4,79,80,84)/t37-,38-,39-,42-,43+,44-,45+,46+,47+,48+,49+,50+,54-,55+/m0/s1. The van der Waals surface area contributed by atoms with Crippen LogP contribution in [0.25, 0.3) is 0 Å². The van der Waals surface area contributed by atoms with Crippen molar-refractivity contribution in [3.63, 3.8) is 0 Å². The molecule has 0 saturated carbocycles. The molecule has 2 aromatic carbocycles. The Bertz CT molecular complexity index is 3760. The topological polar surface area (TPSA) is 737 Å². The third-order valence-electron chi connectivity index (χ3n) is 17.9. The summed E-state index contributed by atoms with van der Waals surface area (Å²) in [6.07, 6.45) is -1.66. The predicted octanol–water partition coefficient (Wildman–Crippen LogP) is -7.35. The molecule has 3 rings (SSSR count). The quantitative estimate of drug-likeness (QED) is 0.0137. The maximum Gasteiger partial charge on any atom is 0.326 e. The van der Waals surface area contributed by atoms with Crippen LogP contribution in [0.1, 0.15) is 116 Å². The molecule has 0 aromatic heterocycles. The number of aliphatic carboxylic acids is 2. The van der Waals surface area contributed by atoms with Crippen molar-refractivity contribution in [2.24, 2.45) is 83.4 Å². The van der Waals surface area contributed by atoms with Gasteiger partial charge in [-0.05, 0) is 81.3 Å². The minimum Gasteiger partial charge on any atom is -0.481 e. The molecule has 0 spiro atoms. The van der Waals surface area contributed by atoms with Gasteiger partial charge in [-0.25, -0.2) is 4.79 Å². The van der Waals surface area contributed by atoms with Crippen LogP contribution in [0.3, 0.4) is 0 Å². The summed E-state index contributed by atoms with van der Waals surface area (Å²) in [5.74, 6) is -19.8. The average Bonchev–Trinajstić information content (AvgIpc) is 0.864. The van der Waals surface area contributed by atoms with Crippen molar-refractivity contribution >= 4 is 134 Å². The highest BCUT2D eigenvalue weighted by Crippen LogP contribution is 2.25. The van der Waals surface area contributed by atoms with Crippen LogP contribution in [0, 0.1) is 11.8 Å². The number of carbonyl (C=O) groups excluding carboxylic acids is 13. The Balaban J connectivity index is 2.36. The van der Waals surface area contributed by atoms with E-state index in [1.54, 1.807) is 88.4 Å². The van der Waals surface area contributed by atoms with Crippen molar-refractivity contribution < 1.29 is 82.1 Å². The van der Waals surface area contributed by atoms with Crippen LogP contribution >= 0.6 is 21.6 Å². The van der Waals surface area contributed by atoms with Crippen LogP contribution in [-0.2, 0) is 84.8 Å². The number of benzene rings is 2. The van der Waals surface area contributed by atoms with Crippen molar-refractivity contribution in [1.82, 2.24) is 69.1 Å². The predicted molar refractivity (Wildman–Crippen MR) is 435 cm³/mol. The van der Waals surface area contributed by atoms with E-state index in [1.807, 2.05) is 0 Å². The fourth-order valence-corrected chi connectivity index (χ4v) is 13.4. The Hall–Kier alpha value is -11.8. The van der Waals surface area contributed by atoms with Crippen LogP contribution < -0.4 is 121 Å².